The molecule has 32 valence electrons. The van der Waals surface area contributed by atoms with Gasteiger partial charge in [0, 0.05) is 13.0 Å². The van der Waals surface area contributed by atoms with E-state index < -0.39 is 0 Å². The maximum atomic E-state index is 4.53. The summed E-state index contributed by atoms with van der Waals surface area (Å²) >= 11 is 0. The molecule has 2 heteroatoms. The highest BCUT2D eigenvalue weighted by atomic mass is 16.5. The molecule has 0 saturated heterocycles. The van der Waals surface area contributed by atoms with Gasteiger partial charge in [-0.05, 0) is 0 Å². The second-order valence-corrected chi connectivity index (χ2v) is 1.02. The Kier molecular flexibility index (Phi) is 1.10. The average Bonchev–Trinajstić information content (AvgIpc) is 1.72. The molecule has 1 aliphatic heterocycles. The summed E-state index contributed by atoms with van der Waals surface area (Å²) in [6.45, 7) is 3.47. The van der Waals surface area contributed by atoms with E-state index in [2.05, 4.69) is 16.3 Å². The van der Waals surface area contributed by atoms with Gasteiger partial charge in [-0.2, -0.15) is 0 Å². The molecule has 0 aromatic carbocycles. The summed E-state index contributed by atoms with van der Waals surface area (Å²) in [5.41, 5.74) is 0. The molecule has 0 unspecified atom stereocenters. The van der Waals surface area contributed by atoms with Crippen molar-refractivity contribution in [2.45, 2.75) is 6.42 Å². The van der Waals surface area contributed by atoms with Crippen molar-refractivity contribution in [1.29, 1.82) is 0 Å². The predicted molar refractivity (Wildman–Crippen MR) is 22.3 cm³/mol. The quantitative estimate of drug-likeness (QED) is 0.417. The minimum Gasteiger partial charge on any atom is -0.468 e. The first kappa shape index (κ1) is 3.65. The topological polar surface area (TPSA) is 21.6 Å². The summed E-state index contributed by atoms with van der Waals surface area (Å²) in [5, 5.41) is 0. The first-order valence-electron chi connectivity index (χ1n) is 1.87. The molecule has 1 heterocycles. The fourth-order valence-corrected chi connectivity index (χ4v) is 0.296. The lowest BCUT2D eigenvalue weighted by molar-refractivity contribution is 0.381. The highest BCUT2D eigenvalue weighted by Gasteiger charge is 1.90. The Bertz CT molecular complexity index is 52.6. The standard InChI is InChI=1S/C4H5NO/c1-2-5-4-6-3-1/h4H,1-2H2. The number of rotatable bonds is 0. The third-order valence-electron chi connectivity index (χ3n) is 0.554. The zero-order valence-corrected chi connectivity index (χ0v) is 3.35. The number of hydrogen-bond acceptors (Lipinski definition) is 2. The smallest absolute Gasteiger partial charge is 0.199 e. The van der Waals surface area contributed by atoms with Gasteiger partial charge in [0.2, 0.25) is 0 Å². The van der Waals surface area contributed by atoms with Crippen molar-refractivity contribution in [1.82, 2.24) is 0 Å². The molecular formula is C4H5NO. The second kappa shape index (κ2) is 1.80. The van der Waals surface area contributed by atoms with Crippen molar-refractivity contribution >= 4 is 6.40 Å². The normalized spacial score (nSPS) is 20.0. The van der Waals surface area contributed by atoms with Crippen LogP contribution in [0.25, 0.3) is 0 Å². The number of ether oxygens (including phenoxy) is 1. The first-order chi connectivity index (χ1) is 3.00. The summed E-state index contributed by atoms with van der Waals surface area (Å²) in [7, 11) is 0. The van der Waals surface area contributed by atoms with Crippen LogP contribution in [0.3, 0.4) is 0 Å². The van der Waals surface area contributed by atoms with Gasteiger partial charge in [0.05, 0.1) is 0 Å². The molecule has 0 aliphatic carbocycles. The van der Waals surface area contributed by atoms with Gasteiger partial charge >= 0.3 is 0 Å². The minimum atomic E-state index is 0.830. The molecule has 1 aliphatic rings. The summed E-state index contributed by atoms with van der Waals surface area (Å²) in [6, 6.07) is 0. The van der Waals surface area contributed by atoms with Crippen molar-refractivity contribution in [3.8, 4) is 0 Å². The molecule has 0 atom stereocenters. The Morgan fingerprint density at radius 1 is 1.83 bits per heavy atom. The van der Waals surface area contributed by atoms with E-state index in [1.807, 2.05) is 0 Å². The SMILES string of the molecule is [C]1CCN=CO1. The Morgan fingerprint density at radius 2 is 2.83 bits per heavy atom. The van der Waals surface area contributed by atoms with Crippen molar-refractivity contribution in [2.75, 3.05) is 6.54 Å². The Hall–Kier alpha value is -0.530. The molecule has 0 amide bonds. The largest absolute Gasteiger partial charge is 0.468 e. The van der Waals surface area contributed by atoms with Crippen LogP contribution in [0.1, 0.15) is 6.42 Å². The Labute approximate surface area is 36.8 Å². The zero-order valence-electron chi connectivity index (χ0n) is 3.35. The van der Waals surface area contributed by atoms with Gasteiger partial charge < -0.3 is 4.74 Å². The van der Waals surface area contributed by atoms with E-state index >= 15 is 0 Å². The molecule has 0 bridgehead atoms. The molecule has 0 N–H and O–H groups in total. The molecule has 0 aromatic rings. The maximum Gasteiger partial charge on any atom is 0.199 e. The lowest BCUT2D eigenvalue weighted by Gasteiger charge is -1.98. The fourth-order valence-electron chi connectivity index (χ4n) is 0.296. The highest BCUT2D eigenvalue weighted by molar-refractivity contribution is 5.47. The molecule has 0 spiro atoms. The molecule has 2 nitrogen and oxygen atoms in total. The average molecular weight is 83.1 g/mol. The molecule has 0 fully saturated rings. The Morgan fingerprint density at radius 3 is 3.00 bits per heavy atom. The summed E-state index contributed by atoms with van der Waals surface area (Å²) in [4.78, 5) is 3.77. The van der Waals surface area contributed by atoms with Gasteiger partial charge in [0.1, 0.15) is 0 Å². The maximum absolute atomic E-state index is 4.53. The van der Waals surface area contributed by atoms with Gasteiger partial charge in [-0.1, -0.05) is 0 Å². The first-order valence-corrected chi connectivity index (χ1v) is 1.87. The van der Waals surface area contributed by atoms with E-state index in [4.69, 9.17) is 0 Å². The van der Waals surface area contributed by atoms with Crippen molar-refractivity contribution in [2.24, 2.45) is 4.99 Å². The lowest BCUT2D eigenvalue weighted by Crippen LogP contribution is -1.94. The van der Waals surface area contributed by atoms with Gasteiger partial charge in [-0.15, -0.1) is 0 Å². The van der Waals surface area contributed by atoms with Crippen molar-refractivity contribution < 1.29 is 4.74 Å². The van der Waals surface area contributed by atoms with Gasteiger partial charge in [-0.3, -0.25) is 4.99 Å². The predicted octanol–water partition coefficient (Wildman–Crippen LogP) is 0.474. The minimum absolute atomic E-state index is 0.830. The van der Waals surface area contributed by atoms with Crippen LogP contribution in [0.15, 0.2) is 4.99 Å². The van der Waals surface area contributed by atoms with Gasteiger partial charge in [0.15, 0.2) is 13.0 Å². The Balaban J connectivity index is 2.26. The number of nitrogens with zero attached hydrogens (tertiary/aromatic N) is 1. The summed E-state index contributed by atoms with van der Waals surface area (Å²) in [6.07, 6.45) is 2.24. The van der Waals surface area contributed by atoms with Crippen LogP contribution in [0.5, 0.6) is 0 Å². The molecule has 0 aromatic heterocycles. The van der Waals surface area contributed by atoms with Crippen molar-refractivity contribution in [3.63, 3.8) is 0 Å². The second-order valence-electron chi connectivity index (χ2n) is 1.02. The molecular weight excluding hydrogens is 78.0 g/mol. The van der Waals surface area contributed by atoms with Crippen LogP contribution >= 0.6 is 0 Å². The van der Waals surface area contributed by atoms with Crippen LogP contribution in [0.4, 0.5) is 0 Å². The summed E-state index contributed by atoms with van der Waals surface area (Å²) < 4.78 is 4.53. The van der Waals surface area contributed by atoms with Gasteiger partial charge in [0.25, 0.3) is 0 Å². The zero-order chi connectivity index (χ0) is 4.24. The molecule has 0 saturated carbocycles. The van der Waals surface area contributed by atoms with Crippen molar-refractivity contribution in [3.05, 3.63) is 6.61 Å². The van der Waals surface area contributed by atoms with E-state index in [-0.39, 0.29) is 0 Å². The molecule has 6 heavy (non-hydrogen) atoms. The lowest BCUT2D eigenvalue weighted by atomic mass is 10.4. The monoisotopic (exact) mass is 83.0 g/mol. The van der Waals surface area contributed by atoms with E-state index in [0.717, 1.165) is 13.0 Å². The van der Waals surface area contributed by atoms with E-state index in [1.165, 1.54) is 6.40 Å². The number of hydrogen-bond donors (Lipinski definition) is 0. The van der Waals surface area contributed by atoms with E-state index in [1.54, 1.807) is 0 Å². The van der Waals surface area contributed by atoms with Crippen LogP contribution in [-0.4, -0.2) is 12.9 Å². The summed E-state index contributed by atoms with van der Waals surface area (Å²) in [5.74, 6) is 0. The van der Waals surface area contributed by atoms with Gasteiger partial charge in [-0.25, -0.2) is 0 Å². The molecule has 2 radical (unpaired) electrons. The van der Waals surface area contributed by atoms with E-state index in [9.17, 15) is 0 Å². The molecule has 1 rings (SSSR count). The van der Waals surface area contributed by atoms with Crippen LogP contribution in [-0.2, 0) is 4.74 Å². The fraction of sp³-hybridized carbons (Fsp3) is 0.500. The third-order valence-corrected chi connectivity index (χ3v) is 0.554. The van der Waals surface area contributed by atoms with Crippen LogP contribution < -0.4 is 0 Å². The highest BCUT2D eigenvalue weighted by Crippen LogP contribution is 1.92. The number of aliphatic imine (C=N–C) groups is 1. The van der Waals surface area contributed by atoms with E-state index in [0.29, 0.717) is 0 Å². The van der Waals surface area contributed by atoms with Crippen LogP contribution in [0.2, 0.25) is 0 Å². The third kappa shape index (κ3) is 0.708. The van der Waals surface area contributed by atoms with Crippen LogP contribution in [0, 0.1) is 6.61 Å².